The molecule has 1 aromatic carbocycles. The average Bonchev–Trinajstić information content (AvgIpc) is 2.58. The number of rotatable bonds is 7. The van der Waals surface area contributed by atoms with Crippen molar-refractivity contribution in [3.63, 3.8) is 0 Å². The maximum absolute atomic E-state index is 12.1. The van der Waals surface area contributed by atoms with Crippen molar-refractivity contribution in [1.82, 2.24) is 5.32 Å². The van der Waals surface area contributed by atoms with Crippen LogP contribution in [-0.2, 0) is 9.59 Å². The molecule has 5 nitrogen and oxygen atoms in total. The number of carbonyl (C=O) groups is 2. The molecule has 1 aliphatic carbocycles. The van der Waals surface area contributed by atoms with Gasteiger partial charge in [-0.3, -0.25) is 9.59 Å². The van der Waals surface area contributed by atoms with E-state index in [0.29, 0.717) is 44.8 Å². The maximum Gasteiger partial charge on any atom is 0.306 e. The zero-order valence-electron chi connectivity index (χ0n) is 14.5. The number of para-hydroxylation sites is 1. The molecule has 2 N–H and O–H groups in total. The Morgan fingerprint density at radius 2 is 1.79 bits per heavy atom. The lowest BCUT2D eigenvalue weighted by molar-refractivity contribution is -0.144. The molecule has 0 atom stereocenters. The van der Waals surface area contributed by atoms with Gasteiger partial charge in [-0.2, -0.15) is 0 Å². The quantitative estimate of drug-likeness (QED) is 0.751. The van der Waals surface area contributed by atoms with Crippen LogP contribution < -0.4 is 10.1 Å². The number of amides is 1. The Bertz CT molecular complexity index is 562. The lowest BCUT2D eigenvalue weighted by atomic mass is 9.81. The molecule has 1 saturated carbocycles. The van der Waals surface area contributed by atoms with E-state index in [4.69, 9.17) is 9.84 Å². The van der Waals surface area contributed by atoms with Crippen LogP contribution in [0.1, 0.15) is 51.0 Å². The van der Waals surface area contributed by atoms with Gasteiger partial charge >= 0.3 is 5.97 Å². The summed E-state index contributed by atoms with van der Waals surface area (Å²) in [5, 5.41) is 11.9. The Hall–Kier alpha value is -2.04. The van der Waals surface area contributed by atoms with E-state index < -0.39 is 5.97 Å². The zero-order valence-corrected chi connectivity index (χ0v) is 14.5. The second-order valence-corrected chi connectivity index (χ2v) is 6.72. The molecular weight excluding hydrogens is 306 g/mol. The molecule has 0 heterocycles. The molecule has 0 unspecified atom stereocenters. The van der Waals surface area contributed by atoms with Crippen LogP contribution >= 0.6 is 0 Å². The maximum atomic E-state index is 12.1. The summed E-state index contributed by atoms with van der Waals surface area (Å²) in [4.78, 5) is 23.1. The number of nitrogens with one attached hydrogen (secondary N) is 1. The normalized spacial score (nSPS) is 20.6. The SMILES string of the molecule is CC(C)c1ccccc1OCCNC(=O)C1CCC(C(=O)O)CC1. The summed E-state index contributed by atoms with van der Waals surface area (Å²) in [6.45, 7) is 5.14. The van der Waals surface area contributed by atoms with Crippen LogP contribution in [0.3, 0.4) is 0 Å². The van der Waals surface area contributed by atoms with E-state index in [1.807, 2.05) is 18.2 Å². The zero-order chi connectivity index (χ0) is 17.5. The van der Waals surface area contributed by atoms with E-state index in [1.165, 1.54) is 0 Å². The molecule has 0 aromatic heterocycles. The van der Waals surface area contributed by atoms with Gasteiger partial charge in [0.15, 0.2) is 0 Å². The van der Waals surface area contributed by atoms with Crippen LogP contribution in [0.2, 0.25) is 0 Å². The average molecular weight is 333 g/mol. The van der Waals surface area contributed by atoms with Crippen molar-refractivity contribution in [3.05, 3.63) is 29.8 Å². The Balaban J connectivity index is 1.71. The Morgan fingerprint density at radius 3 is 2.42 bits per heavy atom. The number of ether oxygens (including phenoxy) is 1. The lowest BCUT2D eigenvalue weighted by Gasteiger charge is -2.25. The Morgan fingerprint density at radius 1 is 1.17 bits per heavy atom. The van der Waals surface area contributed by atoms with Gasteiger partial charge in [-0.15, -0.1) is 0 Å². The van der Waals surface area contributed by atoms with Crippen LogP contribution in [-0.4, -0.2) is 30.1 Å². The number of carboxylic acid groups (broad SMARTS) is 1. The van der Waals surface area contributed by atoms with Crippen LogP contribution in [0.25, 0.3) is 0 Å². The fourth-order valence-corrected chi connectivity index (χ4v) is 3.17. The molecule has 1 amide bonds. The van der Waals surface area contributed by atoms with Crippen molar-refractivity contribution < 1.29 is 19.4 Å². The van der Waals surface area contributed by atoms with Gasteiger partial charge in [-0.25, -0.2) is 0 Å². The third kappa shape index (κ3) is 4.98. The standard InChI is InChI=1S/C19H27NO4/c1-13(2)16-5-3-4-6-17(16)24-12-11-20-18(21)14-7-9-15(10-8-14)19(22)23/h3-6,13-15H,7-12H2,1-2H3,(H,20,21)(H,22,23). The fraction of sp³-hybridized carbons (Fsp3) is 0.579. The van der Waals surface area contributed by atoms with Gasteiger partial charge in [0.2, 0.25) is 5.91 Å². The summed E-state index contributed by atoms with van der Waals surface area (Å²) in [6, 6.07) is 7.95. The number of aliphatic carboxylic acids is 1. The highest BCUT2D eigenvalue weighted by atomic mass is 16.5. The summed E-state index contributed by atoms with van der Waals surface area (Å²) in [5.41, 5.74) is 1.16. The van der Waals surface area contributed by atoms with Gasteiger partial charge < -0.3 is 15.2 Å². The van der Waals surface area contributed by atoms with Crippen molar-refractivity contribution in [3.8, 4) is 5.75 Å². The number of benzene rings is 1. The summed E-state index contributed by atoms with van der Waals surface area (Å²) in [5.74, 6) is 0.169. The van der Waals surface area contributed by atoms with Crippen LogP contribution in [0.4, 0.5) is 0 Å². The minimum Gasteiger partial charge on any atom is -0.491 e. The van der Waals surface area contributed by atoms with Crippen molar-refractivity contribution >= 4 is 11.9 Å². The van der Waals surface area contributed by atoms with Gasteiger partial charge in [-0.1, -0.05) is 32.0 Å². The van der Waals surface area contributed by atoms with Gasteiger partial charge in [-0.05, 0) is 43.2 Å². The van der Waals surface area contributed by atoms with E-state index in [1.54, 1.807) is 0 Å². The van der Waals surface area contributed by atoms with Crippen molar-refractivity contribution in [2.45, 2.75) is 45.4 Å². The van der Waals surface area contributed by atoms with E-state index in [2.05, 4.69) is 25.2 Å². The van der Waals surface area contributed by atoms with Gasteiger partial charge in [0.05, 0.1) is 12.5 Å². The van der Waals surface area contributed by atoms with E-state index >= 15 is 0 Å². The predicted octanol–water partition coefficient (Wildman–Crippen LogP) is 3.20. The fourth-order valence-electron chi connectivity index (χ4n) is 3.17. The first-order valence-corrected chi connectivity index (χ1v) is 8.71. The molecule has 5 heteroatoms. The predicted molar refractivity (Wildman–Crippen MR) is 92.1 cm³/mol. The second-order valence-electron chi connectivity index (χ2n) is 6.72. The highest BCUT2D eigenvalue weighted by Gasteiger charge is 2.29. The largest absolute Gasteiger partial charge is 0.491 e. The van der Waals surface area contributed by atoms with E-state index in [0.717, 1.165) is 11.3 Å². The summed E-state index contributed by atoms with van der Waals surface area (Å²) in [6.07, 6.45) is 2.48. The third-order valence-corrected chi connectivity index (χ3v) is 4.65. The molecule has 24 heavy (non-hydrogen) atoms. The van der Waals surface area contributed by atoms with Gasteiger partial charge in [0.1, 0.15) is 12.4 Å². The van der Waals surface area contributed by atoms with E-state index in [9.17, 15) is 9.59 Å². The van der Waals surface area contributed by atoms with Crippen LogP contribution in [0, 0.1) is 11.8 Å². The minimum absolute atomic E-state index is 0.0135. The molecule has 132 valence electrons. The molecular formula is C19H27NO4. The first-order chi connectivity index (χ1) is 11.5. The Labute approximate surface area is 143 Å². The van der Waals surface area contributed by atoms with Crippen molar-refractivity contribution in [2.24, 2.45) is 11.8 Å². The first kappa shape index (κ1) is 18.3. The Kier molecular flexibility index (Phi) is 6.64. The van der Waals surface area contributed by atoms with Crippen LogP contribution in [0.5, 0.6) is 5.75 Å². The van der Waals surface area contributed by atoms with E-state index in [-0.39, 0.29) is 17.7 Å². The third-order valence-electron chi connectivity index (χ3n) is 4.65. The topological polar surface area (TPSA) is 75.6 Å². The molecule has 1 aliphatic rings. The summed E-state index contributed by atoms with van der Waals surface area (Å²) >= 11 is 0. The molecule has 0 bridgehead atoms. The monoisotopic (exact) mass is 333 g/mol. The minimum atomic E-state index is -0.744. The van der Waals surface area contributed by atoms with Crippen molar-refractivity contribution in [2.75, 3.05) is 13.2 Å². The smallest absolute Gasteiger partial charge is 0.306 e. The summed E-state index contributed by atoms with van der Waals surface area (Å²) in [7, 11) is 0. The first-order valence-electron chi connectivity index (χ1n) is 8.71. The second kappa shape index (κ2) is 8.71. The molecule has 0 aliphatic heterocycles. The molecule has 1 aromatic rings. The molecule has 0 spiro atoms. The van der Waals surface area contributed by atoms with Gasteiger partial charge in [0, 0.05) is 5.92 Å². The number of carboxylic acids is 1. The summed E-state index contributed by atoms with van der Waals surface area (Å²) < 4.78 is 5.79. The molecule has 0 radical (unpaired) electrons. The van der Waals surface area contributed by atoms with Crippen LogP contribution in [0.15, 0.2) is 24.3 Å². The molecule has 0 saturated heterocycles. The number of hydrogen-bond acceptors (Lipinski definition) is 3. The van der Waals surface area contributed by atoms with Crippen molar-refractivity contribution in [1.29, 1.82) is 0 Å². The highest BCUT2D eigenvalue weighted by Crippen LogP contribution is 2.29. The highest BCUT2D eigenvalue weighted by molar-refractivity contribution is 5.79. The number of carbonyl (C=O) groups excluding carboxylic acids is 1. The molecule has 1 fully saturated rings. The molecule has 2 rings (SSSR count). The van der Waals surface area contributed by atoms with Gasteiger partial charge in [0.25, 0.3) is 0 Å². The lowest BCUT2D eigenvalue weighted by Crippen LogP contribution is -2.36. The number of hydrogen-bond donors (Lipinski definition) is 2.